The van der Waals surface area contributed by atoms with Crippen LogP contribution in [0.25, 0.3) is 0 Å². The monoisotopic (exact) mass is 412 g/mol. The number of anilines is 1. The number of carbonyl (C=O) groups is 1. The highest BCUT2D eigenvalue weighted by atomic mass is 35.5. The van der Waals surface area contributed by atoms with Gasteiger partial charge >= 0.3 is 0 Å². The van der Waals surface area contributed by atoms with E-state index in [0.717, 1.165) is 0 Å². The van der Waals surface area contributed by atoms with Crippen molar-refractivity contribution < 1.29 is 17.6 Å². The number of hydrogen-bond acceptors (Lipinski definition) is 5. The van der Waals surface area contributed by atoms with E-state index < -0.39 is 33.0 Å². The Morgan fingerprint density at radius 2 is 1.89 bits per heavy atom. The fraction of sp³-hybridized carbons (Fsp3) is 0.235. The number of halogens is 2. The SMILES string of the molecule is O=C(NCc1ccccc1F)C1CNNC1S(=O)(=O)Nc1ccc(Cl)cc1. The van der Waals surface area contributed by atoms with Crippen molar-refractivity contribution in [1.29, 1.82) is 0 Å². The summed E-state index contributed by atoms with van der Waals surface area (Å²) >= 11 is 5.79. The van der Waals surface area contributed by atoms with E-state index in [1.807, 2.05) is 0 Å². The van der Waals surface area contributed by atoms with Crippen molar-refractivity contribution in [3.05, 3.63) is 64.9 Å². The summed E-state index contributed by atoms with van der Waals surface area (Å²) in [6.07, 6.45) is 0. The van der Waals surface area contributed by atoms with Gasteiger partial charge in [-0.2, -0.15) is 0 Å². The summed E-state index contributed by atoms with van der Waals surface area (Å²) in [5, 5.41) is 1.88. The topological polar surface area (TPSA) is 99.3 Å². The molecule has 144 valence electrons. The van der Waals surface area contributed by atoms with Gasteiger partial charge in [0.05, 0.1) is 5.92 Å². The van der Waals surface area contributed by atoms with E-state index >= 15 is 0 Å². The second kappa shape index (κ2) is 8.22. The van der Waals surface area contributed by atoms with Crippen molar-refractivity contribution in [2.45, 2.75) is 11.9 Å². The van der Waals surface area contributed by atoms with Crippen LogP contribution >= 0.6 is 11.6 Å². The first-order chi connectivity index (χ1) is 12.9. The van der Waals surface area contributed by atoms with E-state index in [1.54, 1.807) is 30.3 Å². The molecule has 2 unspecified atom stereocenters. The van der Waals surface area contributed by atoms with Crippen molar-refractivity contribution in [2.24, 2.45) is 5.92 Å². The first-order valence-electron chi connectivity index (χ1n) is 8.13. The minimum Gasteiger partial charge on any atom is -0.352 e. The Bertz CT molecular complexity index is 924. The molecule has 2 atom stereocenters. The smallest absolute Gasteiger partial charge is 0.250 e. The molecule has 1 aliphatic rings. The van der Waals surface area contributed by atoms with Gasteiger partial charge in [-0.25, -0.2) is 18.2 Å². The average molecular weight is 413 g/mol. The Morgan fingerprint density at radius 3 is 2.59 bits per heavy atom. The van der Waals surface area contributed by atoms with Gasteiger partial charge in [-0.1, -0.05) is 29.8 Å². The highest BCUT2D eigenvalue weighted by molar-refractivity contribution is 7.93. The summed E-state index contributed by atoms with van der Waals surface area (Å²) < 4.78 is 41.4. The molecular formula is C17H18ClFN4O3S. The number of carbonyl (C=O) groups excluding carboxylic acids is 1. The van der Waals surface area contributed by atoms with Crippen LogP contribution in [0.4, 0.5) is 10.1 Å². The van der Waals surface area contributed by atoms with Crippen LogP contribution < -0.4 is 20.9 Å². The summed E-state index contributed by atoms with van der Waals surface area (Å²) in [5.41, 5.74) is 5.95. The van der Waals surface area contributed by atoms with Crippen LogP contribution in [-0.2, 0) is 21.4 Å². The number of benzene rings is 2. The Labute approximate surface area is 161 Å². The fourth-order valence-electron chi connectivity index (χ4n) is 2.70. The normalized spacial score (nSPS) is 19.6. The maximum atomic E-state index is 13.7. The zero-order valence-electron chi connectivity index (χ0n) is 14.1. The highest BCUT2D eigenvalue weighted by Gasteiger charge is 2.41. The maximum absolute atomic E-state index is 13.7. The number of amides is 1. The molecule has 0 spiro atoms. The van der Waals surface area contributed by atoms with Crippen molar-refractivity contribution in [3.63, 3.8) is 0 Å². The van der Waals surface area contributed by atoms with Crippen molar-refractivity contribution in [2.75, 3.05) is 11.3 Å². The van der Waals surface area contributed by atoms with E-state index in [2.05, 4.69) is 20.9 Å². The molecule has 1 saturated heterocycles. The summed E-state index contributed by atoms with van der Waals surface area (Å²) in [6, 6.07) is 12.2. The third-order valence-corrected chi connectivity index (χ3v) is 6.01. The first-order valence-corrected chi connectivity index (χ1v) is 10.1. The van der Waals surface area contributed by atoms with Gasteiger partial charge < -0.3 is 5.32 Å². The lowest BCUT2D eigenvalue weighted by molar-refractivity contribution is -0.124. The predicted octanol–water partition coefficient (Wildman–Crippen LogP) is 1.59. The molecule has 0 radical (unpaired) electrons. The highest BCUT2D eigenvalue weighted by Crippen LogP contribution is 2.20. The largest absolute Gasteiger partial charge is 0.352 e. The number of hydrogen-bond donors (Lipinski definition) is 4. The van der Waals surface area contributed by atoms with Gasteiger partial charge in [0, 0.05) is 29.4 Å². The fourth-order valence-corrected chi connectivity index (χ4v) is 4.31. The van der Waals surface area contributed by atoms with Gasteiger partial charge in [0.1, 0.15) is 5.82 Å². The molecule has 0 aromatic heterocycles. The zero-order chi connectivity index (χ0) is 19.4. The molecule has 1 heterocycles. The summed E-state index contributed by atoms with van der Waals surface area (Å²) in [6.45, 7) is 0.0920. The standard InChI is InChI=1S/C17H18ClFN4O3S/c18-12-5-7-13(8-6-12)23-27(25,26)17-14(10-21-22-17)16(24)20-9-11-3-1-2-4-15(11)19/h1-8,14,17,21-23H,9-10H2,(H,20,24). The number of hydrazine groups is 1. The quantitative estimate of drug-likeness (QED) is 0.577. The Balaban J connectivity index is 1.67. The first kappa shape index (κ1) is 19.6. The van der Waals surface area contributed by atoms with Crippen LogP contribution in [0.15, 0.2) is 48.5 Å². The van der Waals surface area contributed by atoms with Gasteiger partial charge in [0.15, 0.2) is 5.37 Å². The van der Waals surface area contributed by atoms with Gasteiger partial charge in [0.25, 0.3) is 10.0 Å². The second-order valence-corrected chi connectivity index (χ2v) is 8.25. The minimum absolute atomic E-state index is 0.0284. The molecule has 1 fully saturated rings. The van der Waals surface area contributed by atoms with Crippen LogP contribution in [0.5, 0.6) is 0 Å². The lowest BCUT2D eigenvalue weighted by Crippen LogP contribution is -2.46. The van der Waals surface area contributed by atoms with E-state index in [-0.39, 0.29) is 13.1 Å². The van der Waals surface area contributed by atoms with Crippen molar-refractivity contribution in [1.82, 2.24) is 16.2 Å². The third kappa shape index (κ3) is 4.75. The number of sulfonamides is 1. The minimum atomic E-state index is -3.91. The molecule has 3 rings (SSSR count). The van der Waals surface area contributed by atoms with E-state index in [4.69, 9.17) is 11.6 Å². The maximum Gasteiger partial charge on any atom is 0.250 e. The van der Waals surface area contributed by atoms with Gasteiger partial charge in [-0.15, -0.1) is 0 Å². The van der Waals surface area contributed by atoms with Crippen molar-refractivity contribution >= 4 is 33.2 Å². The average Bonchev–Trinajstić information content (AvgIpc) is 3.13. The molecule has 7 nitrogen and oxygen atoms in total. The van der Waals surface area contributed by atoms with Crippen LogP contribution in [-0.4, -0.2) is 26.2 Å². The molecule has 1 aliphatic heterocycles. The Kier molecular flexibility index (Phi) is 5.95. The molecule has 4 N–H and O–H groups in total. The van der Waals surface area contributed by atoms with Gasteiger partial charge in [0.2, 0.25) is 5.91 Å². The Hall–Kier alpha value is -2.20. The molecule has 10 heteroatoms. The van der Waals surface area contributed by atoms with E-state index in [1.165, 1.54) is 18.2 Å². The van der Waals surface area contributed by atoms with E-state index in [0.29, 0.717) is 16.3 Å². The van der Waals surface area contributed by atoms with Crippen LogP contribution in [0.3, 0.4) is 0 Å². The third-order valence-electron chi connectivity index (χ3n) is 4.12. The molecule has 0 bridgehead atoms. The molecule has 0 saturated carbocycles. The molecule has 2 aromatic carbocycles. The zero-order valence-corrected chi connectivity index (χ0v) is 15.6. The number of nitrogens with one attached hydrogen (secondary N) is 4. The molecule has 1 amide bonds. The van der Waals surface area contributed by atoms with E-state index in [9.17, 15) is 17.6 Å². The molecule has 2 aromatic rings. The predicted molar refractivity (Wildman–Crippen MR) is 101 cm³/mol. The van der Waals surface area contributed by atoms with Crippen LogP contribution in [0, 0.1) is 11.7 Å². The van der Waals surface area contributed by atoms with Crippen LogP contribution in [0.2, 0.25) is 5.02 Å². The molecular weight excluding hydrogens is 395 g/mol. The molecule has 0 aliphatic carbocycles. The lowest BCUT2D eigenvalue weighted by atomic mass is 10.1. The lowest BCUT2D eigenvalue weighted by Gasteiger charge is -2.19. The van der Waals surface area contributed by atoms with Crippen molar-refractivity contribution in [3.8, 4) is 0 Å². The molecule has 27 heavy (non-hydrogen) atoms. The summed E-state index contributed by atoms with van der Waals surface area (Å²) in [7, 11) is -3.91. The Morgan fingerprint density at radius 1 is 1.19 bits per heavy atom. The van der Waals surface area contributed by atoms with Crippen LogP contribution in [0.1, 0.15) is 5.56 Å². The summed E-state index contributed by atoms with van der Waals surface area (Å²) in [4.78, 5) is 12.5. The summed E-state index contributed by atoms with van der Waals surface area (Å²) in [5.74, 6) is -1.82. The number of rotatable bonds is 6. The van der Waals surface area contributed by atoms with Gasteiger partial charge in [-0.05, 0) is 30.3 Å². The second-order valence-electron chi connectivity index (χ2n) is 6.02. The van der Waals surface area contributed by atoms with Gasteiger partial charge in [-0.3, -0.25) is 14.9 Å².